The van der Waals surface area contributed by atoms with E-state index < -0.39 is 10.0 Å². The predicted octanol–water partition coefficient (Wildman–Crippen LogP) is 3.86. The molecule has 3 aromatic rings. The number of pyridine rings is 1. The lowest BCUT2D eigenvalue weighted by Crippen LogP contribution is -2.41. The lowest BCUT2D eigenvalue weighted by atomic mass is 9.97. The molecule has 0 aliphatic carbocycles. The van der Waals surface area contributed by atoms with Crippen LogP contribution < -0.4 is 5.32 Å². The molecule has 1 amide bonds. The minimum atomic E-state index is -3.58. The summed E-state index contributed by atoms with van der Waals surface area (Å²) < 4.78 is 26.9. The van der Waals surface area contributed by atoms with Crippen LogP contribution >= 0.6 is 11.3 Å². The Balaban J connectivity index is 1.38. The number of aryl methyl sites for hydroxylation is 2. The van der Waals surface area contributed by atoms with E-state index in [9.17, 15) is 13.2 Å². The Bertz CT molecular complexity index is 1180. The van der Waals surface area contributed by atoms with Gasteiger partial charge in [-0.15, -0.1) is 11.3 Å². The Kier molecular flexibility index (Phi) is 6.17. The third kappa shape index (κ3) is 4.68. The summed E-state index contributed by atoms with van der Waals surface area (Å²) in [5.74, 6) is -0.353. The maximum Gasteiger partial charge on any atom is 0.244 e. The Morgan fingerprint density at radius 3 is 2.68 bits per heavy atom. The van der Waals surface area contributed by atoms with Crippen LogP contribution in [-0.2, 0) is 14.8 Å². The predicted molar refractivity (Wildman–Crippen MR) is 121 cm³/mol. The summed E-state index contributed by atoms with van der Waals surface area (Å²) in [6.07, 6.45) is 3.84. The van der Waals surface area contributed by atoms with E-state index in [1.54, 1.807) is 12.3 Å². The molecular weight excluding hydrogens is 432 g/mol. The van der Waals surface area contributed by atoms with E-state index in [1.807, 2.05) is 19.2 Å². The van der Waals surface area contributed by atoms with Crippen LogP contribution in [0.25, 0.3) is 11.3 Å². The lowest BCUT2D eigenvalue weighted by molar-refractivity contribution is -0.120. The number of sulfonamides is 1. The SMILES string of the molecule is Cc1ccc(C)c(-c2csc(NC(=O)C3CCN(S(=O)(=O)c4cccnc4)CC3)n2)c1. The van der Waals surface area contributed by atoms with E-state index in [0.717, 1.165) is 22.4 Å². The van der Waals surface area contributed by atoms with Crippen LogP contribution in [0.5, 0.6) is 0 Å². The average molecular weight is 457 g/mol. The fourth-order valence-electron chi connectivity index (χ4n) is 3.68. The number of hydrogen-bond donors (Lipinski definition) is 1. The van der Waals surface area contributed by atoms with Gasteiger partial charge in [0.1, 0.15) is 4.90 Å². The van der Waals surface area contributed by atoms with Crippen molar-refractivity contribution in [3.8, 4) is 11.3 Å². The molecule has 0 atom stereocenters. The first-order valence-electron chi connectivity index (χ1n) is 10.1. The van der Waals surface area contributed by atoms with Crippen LogP contribution in [-0.4, -0.2) is 41.7 Å². The van der Waals surface area contributed by atoms with E-state index in [1.165, 1.54) is 27.9 Å². The first-order valence-corrected chi connectivity index (χ1v) is 12.4. The molecule has 1 aliphatic heterocycles. The molecule has 3 heterocycles. The molecule has 1 N–H and O–H groups in total. The number of carbonyl (C=O) groups is 1. The number of aromatic nitrogens is 2. The summed E-state index contributed by atoms with van der Waals surface area (Å²) in [5, 5.41) is 5.42. The third-order valence-electron chi connectivity index (χ3n) is 5.50. The van der Waals surface area contributed by atoms with Crippen molar-refractivity contribution in [3.63, 3.8) is 0 Å². The molecule has 162 valence electrons. The number of benzene rings is 1. The Labute approximate surface area is 186 Å². The van der Waals surface area contributed by atoms with Crippen molar-refractivity contribution < 1.29 is 13.2 Å². The normalized spacial score (nSPS) is 15.7. The molecule has 1 aliphatic rings. The fourth-order valence-corrected chi connectivity index (χ4v) is 5.83. The van der Waals surface area contributed by atoms with Crippen molar-refractivity contribution in [2.75, 3.05) is 18.4 Å². The molecule has 2 aromatic heterocycles. The second kappa shape index (κ2) is 8.86. The Morgan fingerprint density at radius 1 is 1.19 bits per heavy atom. The summed E-state index contributed by atoms with van der Waals surface area (Å²) in [6, 6.07) is 9.36. The number of hydrogen-bond acceptors (Lipinski definition) is 6. The molecule has 1 aromatic carbocycles. The number of thiazole rings is 1. The molecule has 0 bridgehead atoms. The van der Waals surface area contributed by atoms with Gasteiger partial charge < -0.3 is 5.32 Å². The van der Waals surface area contributed by atoms with E-state index in [-0.39, 0.29) is 16.7 Å². The van der Waals surface area contributed by atoms with Crippen LogP contribution in [0.2, 0.25) is 0 Å². The maximum absolute atomic E-state index is 12.7. The van der Waals surface area contributed by atoms with Gasteiger partial charge in [0.05, 0.1) is 5.69 Å². The zero-order valence-corrected chi connectivity index (χ0v) is 19.0. The second-order valence-electron chi connectivity index (χ2n) is 7.71. The number of piperidine rings is 1. The van der Waals surface area contributed by atoms with Gasteiger partial charge in [-0.05, 0) is 50.5 Å². The highest BCUT2D eigenvalue weighted by molar-refractivity contribution is 7.89. The van der Waals surface area contributed by atoms with Crippen LogP contribution in [0.15, 0.2) is 53.0 Å². The average Bonchev–Trinajstić information content (AvgIpc) is 3.24. The molecule has 7 nitrogen and oxygen atoms in total. The standard InChI is InChI=1S/C22H24N4O3S2/c1-15-5-6-16(2)19(12-15)20-14-30-22(24-20)25-21(27)17-7-10-26(11-8-17)31(28,29)18-4-3-9-23-13-18/h3-6,9,12-14,17H,7-8,10-11H2,1-2H3,(H,24,25,27). The molecule has 31 heavy (non-hydrogen) atoms. The van der Waals surface area contributed by atoms with Gasteiger partial charge in [0.2, 0.25) is 15.9 Å². The zero-order valence-electron chi connectivity index (χ0n) is 17.4. The van der Waals surface area contributed by atoms with Gasteiger partial charge in [0, 0.05) is 42.3 Å². The highest BCUT2D eigenvalue weighted by Crippen LogP contribution is 2.29. The van der Waals surface area contributed by atoms with Gasteiger partial charge in [-0.3, -0.25) is 9.78 Å². The van der Waals surface area contributed by atoms with Crippen molar-refractivity contribution in [2.45, 2.75) is 31.6 Å². The summed E-state index contributed by atoms with van der Waals surface area (Å²) in [5.41, 5.74) is 4.20. The number of nitrogens with one attached hydrogen (secondary N) is 1. The first-order chi connectivity index (χ1) is 14.8. The Hall–Kier alpha value is -2.62. The van der Waals surface area contributed by atoms with Crippen LogP contribution in [0.1, 0.15) is 24.0 Å². The van der Waals surface area contributed by atoms with E-state index in [0.29, 0.717) is 31.1 Å². The van der Waals surface area contributed by atoms with Crippen molar-refractivity contribution >= 4 is 32.4 Å². The van der Waals surface area contributed by atoms with Crippen molar-refractivity contribution in [1.29, 1.82) is 0 Å². The van der Waals surface area contributed by atoms with E-state index in [2.05, 4.69) is 33.5 Å². The topological polar surface area (TPSA) is 92.3 Å². The zero-order chi connectivity index (χ0) is 22.0. The molecule has 1 saturated heterocycles. The van der Waals surface area contributed by atoms with Crippen molar-refractivity contribution in [1.82, 2.24) is 14.3 Å². The van der Waals surface area contributed by atoms with Crippen molar-refractivity contribution in [3.05, 3.63) is 59.2 Å². The number of nitrogens with zero attached hydrogens (tertiary/aromatic N) is 3. The van der Waals surface area contributed by atoms with Gasteiger partial charge in [-0.1, -0.05) is 17.7 Å². The highest BCUT2D eigenvalue weighted by atomic mass is 32.2. The van der Waals surface area contributed by atoms with Crippen molar-refractivity contribution in [2.24, 2.45) is 5.92 Å². The first kappa shape index (κ1) is 21.6. The molecule has 0 unspecified atom stereocenters. The molecule has 0 spiro atoms. The smallest absolute Gasteiger partial charge is 0.244 e. The summed E-state index contributed by atoms with van der Waals surface area (Å²) in [7, 11) is -3.58. The van der Waals surface area contributed by atoms with E-state index in [4.69, 9.17) is 0 Å². The van der Waals surface area contributed by atoms with Gasteiger partial charge in [0.25, 0.3) is 0 Å². The minimum Gasteiger partial charge on any atom is -0.302 e. The van der Waals surface area contributed by atoms with Crippen LogP contribution in [0.4, 0.5) is 5.13 Å². The molecule has 4 rings (SSSR count). The summed E-state index contributed by atoms with van der Waals surface area (Å²) in [4.78, 5) is 21.4. The van der Waals surface area contributed by atoms with Gasteiger partial charge in [-0.25, -0.2) is 13.4 Å². The van der Waals surface area contributed by atoms with Gasteiger partial charge >= 0.3 is 0 Å². The van der Waals surface area contributed by atoms with Gasteiger partial charge in [0.15, 0.2) is 5.13 Å². The quantitative estimate of drug-likeness (QED) is 0.629. The number of anilines is 1. The molecule has 9 heteroatoms. The van der Waals surface area contributed by atoms with Crippen LogP contribution in [0, 0.1) is 19.8 Å². The largest absolute Gasteiger partial charge is 0.302 e. The number of carbonyl (C=O) groups excluding carboxylic acids is 1. The summed E-state index contributed by atoms with van der Waals surface area (Å²) in [6.45, 7) is 4.69. The molecule has 0 saturated carbocycles. The summed E-state index contributed by atoms with van der Waals surface area (Å²) >= 11 is 1.40. The lowest BCUT2D eigenvalue weighted by Gasteiger charge is -2.30. The van der Waals surface area contributed by atoms with Gasteiger partial charge in [-0.2, -0.15) is 4.31 Å². The molecular formula is C22H24N4O3S2. The second-order valence-corrected chi connectivity index (χ2v) is 10.5. The Morgan fingerprint density at radius 2 is 1.97 bits per heavy atom. The fraction of sp³-hybridized carbons (Fsp3) is 0.318. The monoisotopic (exact) mass is 456 g/mol. The molecule has 0 radical (unpaired) electrons. The molecule has 1 fully saturated rings. The maximum atomic E-state index is 12.7. The number of rotatable bonds is 5. The highest BCUT2D eigenvalue weighted by Gasteiger charge is 2.32. The third-order valence-corrected chi connectivity index (χ3v) is 8.14. The minimum absolute atomic E-state index is 0.111. The number of amides is 1. The van der Waals surface area contributed by atoms with E-state index >= 15 is 0 Å². The van der Waals surface area contributed by atoms with Crippen LogP contribution in [0.3, 0.4) is 0 Å².